The molecular formula is C21H33N5O2S. The number of amides is 1. The smallest absolute Gasteiger partial charge is 0.217 e. The number of hydrogen-bond acceptors (Lipinski definition) is 6. The van der Waals surface area contributed by atoms with Crippen molar-refractivity contribution in [2.75, 3.05) is 32.0 Å². The zero-order chi connectivity index (χ0) is 21.2. The van der Waals surface area contributed by atoms with Crippen molar-refractivity contribution < 1.29 is 9.53 Å². The lowest BCUT2D eigenvalue weighted by Crippen LogP contribution is -2.39. The summed E-state index contributed by atoms with van der Waals surface area (Å²) in [4.78, 5) is 18.0. The second kappa shape index (κ2) is 12.0. The summed E-state index contributed by atoms with van der Waals surface area (Å²) in [7, 11) is 0. The third-order valence-corrected chi connectivity index (χ3v) is 6.32. The van der Waals surface area contributed by atoms with E-state index in [0.29, 0.717) is 19.1 Å². The van der Waals surface area contributed by atoms with Crippen molar-refractivity contribution in [3.05, 3.63) is 24.4 Å². The molecule has 0 aromatic heterocycles. The van der Waals surface area contributed by atoms with Gasteiger partial charge in [0.2, 0.25) is 5.91 Å². The van der Waals surface area contributed by atoms with E-state index < -0.39 is 0 Å². The first kappa shape index (κ1) is 23.5. The van der Waals surface area contributed by atoms with Gasteiger partial charge in [-0.2, -0.15) is 5.26 Å². The molecule has 0 aromatic carbocycles. The molecule has 1 unspecified atom stereocenters. The number of nitrogens with two attached hydrogens (primary N) is 1. The number of nitriles is 1. The molecular weight excluding hydrogens is 386 g/mol. The van der Waals surface area contributed by atoms with Crippen LogP contribution in [0.1, 0.15) is 33.1 Å². The van der Waals surface area contributed by atoms with Crippen LogP contribution in [0, 0.1) is 23.2 Å². The summed E-state index contributed by atoms with van der Waals surface area (Å²) in [6.45, 7) is 9.69. The van der Waals surface area contributed by atoms with Gasteiger partial charge in [0.15, 0.2) is 5.17 Å². The lowest BCUT2D eigenvalue weighted by atomic mass is 9.84. The molecule has 7 nitrogen and oxygen atoms in total. The largest absolute Gasteiger partial charge is 0.376 e. The maximum atomic E-state index is 11.1. The van der Waals surface area contributed by atoms with E-state index in [-0.39, 0.29) is 24.0 Å². The highest BCUT2D eigenvalue weighted by molar-refractivity contribution is 8.13. The Hall–Kier alpha value is -1.82. The van der Waals surface area contributed by atoms with Gasteiger partial charge < -0.3 is 20.7 Å². The monoisotopic (exact) mass is 419 g/mol. The van der Waals surface area contributed by atoms with E-state index in [0.717, 1.165) is 49.0 Å². The molecule has 1 amide bonds. The minimum atomic E-state index is -0.0290. The summed E-state index contributed by atoms with van der Waals surface area (Å²) in [5.41, 5.74) is 6.61. The first-order valence-corrected chi connectivity index (χ1v) is 11.2. The SMILES string of the molecule is C=C/C=C(\CN)N=C(SCC1CC(OC[C@H](C)NC(C)=O)C1)N1CCC(C#N)C1. The molecule has 0 radical (unpaired) electrons. The molecule has 2 aliphatic rings. The van der Waals surface area contributed by atoms with Crippen LogP contribution in [-0.2, 0) is 9.53 Å². The van der Waals surface area contributed by atoms with Gasteiger partial charge in [-0.15, -0.1) is 0 Å². The molecule has 0 spiro atoms. The number of carbonyl (C=O) groups excluding carboxylic acids is 1. The number of likely N-dealkylation sites (tertiary alicyclic amines) is 1. The predicted molar refractivity (Wildman–Crippen MR) is 118 cm³/mol. The Labute approximate surface area is 178 Å². The highest BCUT2D eigenvalue weighted by Crippen LogP contribution is 2.34. The van der Waals surface area contributed by atoms with E-state index in [2.05, 4.69) is 22.9 Å². The Bertz CT molecular complexity index is 666. The topological polar surface area (TPSA) is 104 Å². The number of thioether (sulfide) groups is 1. The van der Waals surface area contributed by atoms with Crippen LogP contribution >= 0.6 is 11.8 Å². The summed E-state index contributed by atoms with van der Waals surface area (Å²) >= 11 is 1.74. The van der Waals surface area contributed by atoms with Crippen LogP contribution in [0.5, 0.6) is 0 Å². The maximum Gasteiger partial charge on any atom is 0.217 e. The molecule has 1 aliphatic carbocycles. The summed E-state index contributed by atoms with van der Waals surface area (Å²) in [5, 5.41) is 13.0. The number of nitrogens with one attached hydrogen (secondary N) is 1. The van der Waals surface area contributed by atoms with Crippen molar-refractivity contribution in [1.82, 2.24) is 10.2 Å². The van der Waals surface area contributed by atoms with Gasteiger partial charge in [0, 0.05) is 38.4 Å². The number of carbonyl (C=O) groups is 1. The van der Waals surface area contributed by atoms with Crippen LogP contribution in [0.2, 0.25) is 0 Å². The van der Waals surface area contributed by atoms with Crippen LogP contribution < -0.4 is 11.1 Å². The number of hydrogen-bond donors (Lipinski definition) is 2. The fourth-order valence-corrected chi connectivity index (χ4v) is 4.64. The quantitative estimate of drug-likeness (QED) is 0.338. The molecule has 2 fully saturated rings. The highest BCUT2D eigenvalue weighted by Gasteiger charge is 2.32. The van der Waals surface area contributed by atoms with E-state index in [1.54, 1.807) is 17.8 Å². The molecule has 0 aromatic rings. The number of allylic oxidation sites excluding steroid dienone is 2. The van der Waals surface area contributed by atoms with Crippen LogP contribution in [0.3, 0.4) is 0 Å². The second-order valence-electron chi connectivity index (χ2n) is 7.76. The number of ether oxygens (including phenoxy) is 1. The first-order valence-electron chi connectivity index (χ1n) is 10.2. The number of amidine groups is 1. The summed E-state index contributed by atoms with van der Waals surface area (Å²) in [5.74, 6) is 1.60. The summed E-state index contributed by atoms with van der Waals surface area (Å²) in [6.07, 6.45) is 6.74. The Morgan fingerprint density at radius 1 is 1.55 bits per heavy atom. The third kappa shape index (κ3) is 7.84. The molecule has 160 valence electrons. The van der Waals surface area contributed by atoms with Crippen LogP contribution in [0.4, 0.5) is 0 Å². The fourth-order valence-electron chi connectivity index (χ4n) is 3.45. The van der Waals surface area contributed by atoms with Gasteiger partial charge in [-0.05, 0) is 38.2 Å². The molecule has 1 heterocycles. The standard InChI is InChI=1S/C21H33N5O2S/c1-4-5-19(11-23)25-21(26-7-6-17(10-22)12-26)29-14-18-8-20(9-18)28-13-15(2)24-16(3)27/h4-5,15,17-18,20H,1,6-9,11-14,23H2,2-3H3,(H,24,27)/b19-5+,25-21?/t15-,17?,18?,20?/m0/s1. The molecule has 3 N–H and O–H groups in total. The van der Waals surface area contributed by atoms with E-state index in [1.807, 2.05) is 13.0 Å². The van der Waals surface area contributed by atoms with Crippen molar-refractivity contribution in [3.63, 3.8) is 0 Å². The van der Waals surface area contributed by atoms with Crippen molar-refractivity contribution in [1.29, 1.82) is 5.26 Å². The average molecular weight is 420 g/mol. The molecule has 2 rings (SSSR count). The summed E-state index contributed by atoms with van der Waals surface area (Å²) in [6, 6.07) is 2.40. The van der Waals surface area contributed by atoms with Crippen molar-refractivity contribution in [2.45, 2.75) is 45.3 Å². The van der Waals surface area contributed by atoms with Gasteiger partial charge in [-0.3, -0.25) is 4.79 Å². The van der Waals surface area contributed by atoms with Crippen molar-refractivity contribution in [2.24, 2.45) is 22.6 Å². The van der Waals surface area contributed by atoms with Crippen molar-refractivity contribution in [3.8, 4) is 6.07 Å². The molecule has 29 heavy (non-hydrogen) atoms. The van der Waals surface area contributed by atoms with E-state index in [4.69, 9.17) is 15.5 Å². The Balaban J connectivity index is 1.82. The predicted octanol–water partition coefficient (Wildman–Crippen LogP) is 2.27. The van der Waals surface area contributed by atoms with E-state index in [1.165, 1.54) is 6.92 Å². The number of rotatable bonds is 9. The highest BCUT2D eigenvalue weighted by atomic mass is 32.2. The molecule has 1 saturated heterocycles. The number of nitrogens with zero attached hydrogens (tertiary/aromatic N) is 3. The third-order valence-electron chi connectivity index (χ3n) is 5.07. The molecule has 1 saturated carbocycles. The van der Waals surface area contributed by atoms with Gasteiger partial charge >= 0.3 is 0 Å². The normalized spacial score (nSPS) is 25.9. The van der Waals surface area contributed by atoms with Gasteiger partial charge in [0.05, 0.1) is 30.4 Å². The van der Waals surface area contributed by atoms with Gasteiger partial charge in [0.1, 0.15) is 0 Å². The van der Waals surface area contributed by atoms with Crippen molar-refractivity contribution >= 4 is 22.8 Å². The molecule has 1 aliphatic heterocycles. The van der Waals surface area contributed by atoms with E-state index >= 15 is 0 Å². The Kier molecular flexibility index (Phi) is 9.71. The maximum absolute atomic E-state index is 11.1. The molecule has 2 atom stereocenters. The van der Waals surface area contributed by atoms with E-state index in [9.17, 15) is 10.1 Å². The second-order valence-corrected chi connectivity index (χ2v) is 8.75. The average Bonchev–Trinajstić information content (AvgIpc) is 3.13. The van der Waals surface area contributed by atoms with Crippen LogP contribution in [-0.4, -0.2) is 60.1 Å². The number of aliphatic imine (C=N–C) groups is 1. The lowest BCUT2D eigenvalue weighted by molar-refractivity contribution is -0.120. The minimum absolute atomic E-state index is 0.0290. The molecule has 0 bridgehead atoms. The van der Waals surface area contributed by atoms with Gasteiger partial charge in [-0.25, -0.2) is 4.99 Å². The first-order chi connectivity index (χ1) is 13.9. The van der Waals surface area contributed by atoms with Crippen LogP contribution in [0.25, 0.3) is 0 Å². The van der Waals surface area contributed by atoms with Gasteiger partial charge in [0.25, 0.3) is 0 Å². The van der Waals surface area contributed by atoms with Crippen LogP contribution in [0.15, 0.2) is 29.4 Å². The Morgan fingerprint density at radius 3 is 2.90 bits per heavy atom. The zero-order valence-electron chi connectivity index (χ0n) is 17.5. The lowest BCUT2D eigenvalue weighted by Gasteiger charge is -2.36. The fraction of sp³-hybridized carbons (Fsp3) is 0.667. The Morgan fingerprint density at radius 2 is 2.31 bits per heavy atom. The zero-order valence-corrected chi connectivity index (χ0v) is 18.3. The minimum Gasteiger partial charge on any atom is -0.376 e. The van der Waals surface area contributed by atoms with Gasteiger partial charge in [-0.1, -0.05) is 24.4 Å². The summed E-state index contributed by atoms with van der Waals surface area (Å²) < 4.78 is 5.88. The molecule has 8 heteroatoms.